The van der Waals surface area contributed by atoms with E-state index in [1.165, 1.54) is 11.8 Å². The number of benzene rings is 3. The van der Waals surface area contributed by atoms with Crippen LogP contribution in [0.25, 0.3) is 17.1 Å². The number of nitrogens with zero attached hydrogens (tertiary/aromatic N) is 3. The van der Waals surface area contributed by atoms with Gasteiger partial charge in [0.25, 0.3) is 0 Å². The van der Waals surface area contributed by atoms with Crippen LogP contribution in [0.3, 0.4) is 0 Å². The molecule has 0 aliphatic carbocycles. The molecule has 0 saturated carbocycles. The number of ketones is 1. The predicted molar refractivity (Wildman–Crippen MR) is 119 cm³/mol. The van der Waals surface area contributed by atoms with Crippen molar-refractivity contribution < 1.29 is 9.53 Å². The first kappa shape index (κ1) is 19.9. The molecule has 150 valence electrons. The van der Waals surface area contributed by atoms with Gasteiger partial charge in [-0.1, -0.05) is 60.3 Å². The molecule has 0 aliphatic rings. The molecule has 0 amide bonds. The van der Waals surface area contributed by atoms with Gasteiger partial charge in [-0.3, -0.25) is 9.36 Å². The minimum absolute atomic E-state index is 0.0338. The molecule has 0 N–H and O–H groups in total. The van der Waals surface area contributed by atoms with E-state index >= 15 is 0 Å². The van der Waals surface area contributed by atoms with E-state index in [0.29, 0.717) is 10.7 Å². The molecule has 0 radical (unpaired) electrons. The number of para-hydroxylation sites is 1. The second-order valence-electron chi connectivity index (χ2n) is 6.70. The fourth-order valence-electron chi connectivity index (χ4n) is 3.13. The molecule has 0 spiro atoms. The van der Waals surface area contributed by atoms with Gasteiger partial charge in [0.05, 0.1) is 12.4 Å². The van der Waals surface area contributed by atoms with Crippen LogP contribution in [0.15, 0.2) is 90.1 Å². The summed E-state index contributed by atoms with van der Waals surface area (Å²) in [5, 5.41) is 9.20. The molecule has 0 unspecified atom stereocenters. The van der Waals surface area contributed by atoms with Gasteiger partial charge >= 0.3 is 0 Å². The van der Waals surface area contributed by atoms with Gasteiger partial charge in [0.2, 0.25) is 0 Å². The Morgan fingerprint density at radius 2 is 1.53 bits per heavy atom. The highest BCUT2D eigenvalue weighted by Crippen LogP contribution is 2.31. The van der Waals surface area contributed by atoms with Crippen LogP contribution in [0, 0.1) is 0 Å². The summed E-state index contributed by atoms with van der Waals surface area (Å²) in [7, 11) is 1.61. The zero-order valence-electron chi connectivity index (χ0n) is 16.7. The fraction of sp³-hybridized carbons (Fsp3) is 0.125. The van der Waals surface area contributed by atoms with Crippen molar-refractivity contribution >= 4 is 17.5 Å². The average molecular weight is 416 g/mol. The van der Waals surface area contributed by atoms with Crippen molar-refractivity contribution in [2.24, 2.45) is 0 Å². The normalized spacial score (nSPS) is 11.8. The van der Waals surface area contributed by atoms with Gasteiger partial charge in [-0.2, -0.15) is 0 Å². The zero-order chi connectivity index (χ0) is 20.9. The van der Waals surface area contributed by atoms with Crippen molar-refractivity contribution in [3.05, 3.63) is 90.5 Å². The van der Waals surface area contributed by atoms with E-state index in [4.69, 9.17) is 4.74 Å². The molecule has 6 heteroatoms. The summed E-state index contributed by atoms with van der Waals surface area (Å²) < 4.78 is 7.17. The Kier molecular flexibility index (Phi) is 5.95. The summed E-state index contributed by atoms with van der Waals surface area (Å²) in [5.41, 5.74) is 2.56. The molecule has 1 aromatic heterocycles. The number of rotatable bonds is 7. The third-order valence-corrected chi connectivity index (χ3v) is 5.75. The fourth-order valence-corrected chi connectivity index (χ4v) is 4.08. The molecular formula is C24H21N3O2S. The number of carbonyl (C=O) groups excluding carboxylic acids is 1. The maximum atomic E-state index is 13.0. The van der Waals surface area contributed by atoms with Crippen molar-refractivity contribution in [1.82, 2.24) is 14.8 Å². The minimum atomic E-state index is -0.325. The number of ether oxygens (including phenoxy) is 1. The first-order valence-electron chi connectivity index (χ1n) is 9.58. The van der Waals surface area contributed by atoms with Crippen LogP contribution in [0.5, 0.6) is 5.75 Å². The highest BCUT2D eigenvalue weighted by atomic mass is 32.2. The lowest BCUT2D eigenvalue weighted by atomic mass is 10.1. The lowest BCUT2D eigenvalue weighted by Gasteiger charge is -2.13. The van der Waals surface area contributed by atoms with Crippen LogP contribution >= 0.6 is 11.8 Å². The summed E-state index contributed by atoms with van der Waals surface area (Å²) >= 11 is 1.40. The minimum Gasteiger partial charge on any atom is -0.497 e. The Morgan fingerprint density at radius 1 is 0.900 bits per heavy atom. The number of carbonyl (C=O) groups is 1. The monoisotopic (exact) mass is 415 g/mol. The third-order valence-electron chi connectivity index (χ3n) is 4.71. The number of thioether (sulfide) groups is 1. The van der Waals surface area contributed by atoms with Crippen molar-refractivity contribution in [2.45, 2.75) is 17.3 Å². The Morgan fingerprint density at radius 3 is 2.17 bits per heavy atom. The van der Waals surface area contributed by atoms with E-state index in [-0.39, 0.29) is 11.0 Å². The van der Waals surface area contributed by atoms with Crippen LogP contribution in [-0.4, -0.2) is 32.9 Å². The molecule has 4 rings (SSSR count). The van der Waals surface area contributed by atoms with Crippen molar-refractivity contribution in [3.8, 4) is 22.8 Å². The molecule has 0 fully saturated rings. The second kappa shape index (κ2) is 8.97. The summed E-state index contributed by atoms with van der Waals surface area (Å²) in [6.07, 6.45) is 0. The zero-order valence-corrected chi connectivity index (χ0v) is 17.5. The second-order valence-corrected chi connectivity index (χ2v) is 8.00. The third kappa shape index (κ3) is 4.14. The number of aromatic nitrogens is 3. The Bertz CT molecular complexity index is 1130. The topological polar surface area (TPSA) is 57.0 Å². The van der Waals surface area contributed by atoms with E-state index in [2.05, 4.69) is 10.2 Å². The first-order valence-corrected chi connectivity index (χ1v) is 10.5. The molecule has 4 aromatic rings. The van der Waals surface area contributed by atoms with E-state index in [0.717, 1.165) is 22.8 Å². The molecule has 0 aliphatic heterocycles. The van der Waals surface area contributed by atoms with Gasteiger partial charge < -0.3 is 4.74 Å². The number of Topliss-reactive ketones (excluding diaryl/α,β-unsaturated/α-hetero) is 1. The standard InChI is InChI=1S/C24H21N3O2S/c1-17(22(28)18-13-15-21(29-2)16-14-18)30-24-26-25-23(19-9-5-3-6-10-19)27(24)20-11-7-4-8-12-20/h3-17H,1-2H3/t17-/m1/s1. The number of hydrogen-bond donors (Lipinski definition) is 0. The van der Waals surface area contributed by atoms with Crippen LogP contribution in [0.1, 0.15) is 17.3 Å². The SMILES string of the molecule is COc1ccc(C(=O)[C@@H](C)Sc2nnc(-c3ccccc3)n2-c2ccccc2)cc1. The van der Waals surface area contributed by atoms with Crippen LogP contribution in [0.4, 0.5) is 0 Å². The van der Waals surface area contributed by atoms with E-state index in [1.807, 2.05) is 72.2 Å². The quantitative estimate of drug-likeness (QED) is 0.303. The molecule has 1 atom stereocenters. The van der Waals surface area contributed by atoms with Crippen LogP contribution in [-0.2, 0) is 0 Å². The molecule has 1 heterocycles. The van der Waals surface area contributed by atoms with E-state index < -0.39 is 0 Å². The molecule has 30 heavy (non-hydrogen) atoms. The Balaban J connectivity index is 1.67. The van der Waals surface area contributed by atoms with Crippen molar-refractivity contribution in [3.63, 3.8) is 0 Å². The van der Waals surface area contributed by atoms with Gasteiger partial charge in [0, 0.05) is 16.8 Å². The van der Waals surface area contributed by atoms with E-state index in [9.17, 15) is 4.79 Å². The average Bonchev–Trinajstić information content (AvgIpc) is 3.23. The maximum Gasteiger partial charge on any atom is 0.196 e. The molecule has 0 bridgehead atoms. The van der Waals surface area contributed by atoms with Crippen molar-refractivity contribution in [1.29, 1.82) is 0 Å². The lowest BCUT2D eigenvalue weighted by Crippen LogP contribution is -2.14. The van der Waals surface area contributed by atoms with Crippen LogP contribution in [0.2, 0.25) is 0 Å². The van der Waals surface area contributed by atoms with Gasteiger partial charge in [-0.15, -0.1) is 10.2 Å². The van der Waals surface area contributed by atoms with Crippen LogP contribution < -0.4 is 4.74 Å². The maximum absolute atomic E-state index is 13.0. The van der Waals surface area contributed by atoms with E-state index in [1.54, 1.807) is 31.4 Å². The summed E-state index contributed by atoms with van der Waals surface area (Å²) in [6.45, 7) is 1.89. The molecular weight excluding hydrogens is 394 g/mol. The largest absolute Gasteiger partial charge is 0.497 e. The smallest absolute Gasteiger partial charge is 0.196 e. The first-order chi connectivity index (χ1) is 14.7. The highest BCUT2D eigenvalue weighted by Gasteiger charge is 2.22. The van der Waals surface area contributed by atoms with Crippen molar-refractivity contribution in [2.75, 3.05) is 7.11 Å². The van der Waals surface area contributed by atoms with Gasteiger partial charge in [0.15, 0.2) is 16.8 Å². The molecule has 5 nitrogen and oxygen atoms in total. The molecule has 0 saturated heterocycles. The highest BCUT2D eigenvalue weighted by molar-refractivity contribution is 8.00. The molecule has 3 aromatic carbocycles. The lowest BCUT2D eigenvalue weighted by molar-refractivity contribution is 0.0994. The summed E-state index contributed by atoms with van der Waals surface area (Å²) in [6, 6.07) is 27.0. The Labute approximate surface area is 179 Å². The number of methoxy groups -OCH3 is 1. The number of hydrogen-bond acceptors (Lipinski definition) is 5. The Hall–Kier alpha value is -3.38. The van der Waals surface area contributed by atoms with Gasteiger partial charge in [-0.05, 0) is 43.3 Å². The van der Waals surface area contributed by atoms with Gasteiger partial charge in [-0.25, -0.2) is 0 Å². The summed E-state index contributed by atoms with van der Waals surface area (Å²) in [5.74, 6) is 1.50. The van der Waals surface area contributed by atoms with Gasteiger partial charge in [0.1, 0.15) is 5.75 Å². The summed E-state index contributed by atoms with van der Waals surface area (Å²) in [4.78, 5) is 13.0. The predicted octanol–water partition coefficient (Wildman–Crippen LogP) is 5.31.